The van der Waals surface area contributed by atoms with Crippen LogP contribution in [0.2, 0.25) is 0 Å². The van der Waals surface area contributed by atoms with E-state index in [1.807, 2.05) is 6.92 Å². The van der Waals surface area contributed by atoms with Gasteiger partial charge in [-0.15, -0.1) is 0 Å². The first-order valence-corrected chi connectivity index (χ1v) is 7.36. The second-order valence-electron chi connectivity index (χ2n) is 5.69. The molecular formula is C14H26F3NO. The SMILES string of the molecule is CCCC1CCC(O)C(N(CCC)CC(F)(F)F)C1. The van der Waals surface area contributed by atoms with E-state index in [0.29, 0.717) is 31.7 Å². The smallest absolute Gasteiger partial charge is 0.391 e. The molecule has 0 spiro atoms. The third kappa shape index (κ3) is 5.69. The third-order valence-corrected chi connectivity index (χ3v) is 3.95. The molecule has 3 unspecified atom stereocenters. The van der Waals surface area contributed by atoms with E-state index >= 15 is 0 Å². The van der Waals surface area contributed by atoms with Gasteiger partial charge in [-0.25, -0.2) is 0 Å². The summed E-state index contributed by atoms with van der Waals surface area (Å²) in [5.41, 5.74) is 0. The molecule has 0 aromatic carbocycles. The molecule has 5 heteroatoms. The van der Waals surface area contributed by atoms with Crippen LogP contribution in [0.1, 0.15) is 52.4 Å². The lowest BCUT2D eigenvalue weighted by molar-refractivity contribution is -0.159. The summed E-state index contributed by atoms with van der Waals surface area (Å²) >= 11 is 0. The molecule has 1 aliphatic carbocycles. The van der Waals surface area contributed by atoms with Gasteiger partial charge in [0.2, 0.25) is 0 Å². The topological polar surface area (TPSA) is 23.5 Å². The monoisotopic (exact) mass is 281 g/mol. The molecule has 1 fully saturated rings. The zero-order chi connectivity index (χ0) is 14.5. The summed E-state index contributed by atoms with van der Waals surface area (Å²) in [5.74, 6) is 0.464. The fourth-order valence-electron chi connectivity index (χ4n) is 3.16. The molecule has 1 saturated carbocycles. The van der Waals surface area contributed by atoms with Crippen molar-refractivity contribution in [3.63, 3.8) is 0 Å². The lowest BCUT2D eigenvalue weighted by Crippen LogP contribution is -2.50. The highest BCUT2D eigenvalue weighted by Crippen LogP contribution is 2.32. The molecular weight excluding hydrogens is 255 g/mol. The van der Waals surface area contributed by atoms with Gasteiger partial charge in [0.15, 0.2) is 0 Å². The molecule has 1 aliphatic rings. The Morgan fingerprint density at radius 3 is 2.37 bits per heavy atom. The van der Waals surface area contributed by atoms with Gasteiger partial charge in [0.25, 0.3) is 0 Å². The fraction of sp³-hybridized carbons (Fsp3) is 1.00. The molecule has 0 aromatic rings. The van der Waals surface area contributed by atoms with Gasteiger partial charge in [0.1, 0.15) is 0 Å². The first-order chi connectivity index (χ1) is 8.87. The molecule has 0 aliphatic heterocycles. The van der Waals surface area contributed by atoms with Crippen molar-refractivity contribution in [3.8, 4) is 0 Å². The summed E-state index contributed by atoms with van der Waals surface area (Å²) < 4.78 is 37.9. The lowest BCUT2D eigenvalue weighted by Gasteiger charge is -2.41. The molecule has 0 bridgehead atoms. The van der Waals surface area contributed by atoms with E-state index in [4.69, 9.17) is 0 Å². The van der Waals surface area contributed by atoms with E-state index < -0.39 is 18.8 Å². The number of halogens is 3. The van der Waals surface area contributed by atoms with Crippen LogP contribution in [0.4, 0.5) is 13.2 Å². The minimum Gasteiger partial charge on any atom is -0.391 e. The first kappa shape index (κ1) is 16.8. The predicted molar refractivity (Wildman–Crippen MR) is 70.0 cm³/mol. The van der Waals surface area contributed by atoms with Crippen LogP contribution < -0.4 is 0 Å². The lowest BCUT2D eigenvalue weighted by atomic mass is 9.80. The van der Waals surface area contributed by atoms with Gasteiger partial charge >= 0.3 is 6.18 Å². The quantitative estimate of drug-likeness (QED) is 0.804. The summed E-state index contributed by atoms with van der Waals surface area (Å²) in [5, 5.41) is 10.0. The van der Waals surface area contributed by atoms with Crippen LogP contribution in [0.25, 0.3) is 0 Å². The van der Waals surface area contributed by atoms with E-state index in [9.17, 15) is 18.3 Å². The maximum absolute atomic E-state index is 12.6. The standard InChI is InChI=1S/C14H26F3NO/c1-3-5-11-6-7-13(19)12(9-11)18(8-4-2)10-14(15,16)17/h11-13,19H,3-10H2,1-2H3. The van der Waals surface area contributed by atoms with Crippen LogP contribution in [0, 0.1) is 5.92 Å². The largest absolute Gasteiger partial charge is 0.401 e. The minimum absolute atomic E-state index is 0.327. The van der Waals surface area contributed by atoms with Crippen molar-refractivity contribution < 1.29 is 18.3 Å². The summed E-state index contributed by atoms with van der Waals surface area (Å²) in [6.45, 7) is 3.48. The van der Waals surface area contributed by atoms with Gasteiger partial charge in [0.05, 0.1) is 12.6 Å². The second kappa shape index (κ2) is 7.48. The average molecular weight is 281 g/mol. The van der Waals surface area contributed by atoms with E-state index in [0.717, 1.165) is 19.3 Å². The third-order valence-electron chi connectivity index (χ3n) is 3.95. The van der Waals surface area contributed by atoms with E-state index in [1.54, 1.807) is 0 Å². The van der Waals surface area contributed by atoms with Crippen LogP contribution in [-0.2, 0) is 0 Å². The Hall–Kier alpha value is -0.290. The first-order valence-electron chi connectivity index (χ1n) is 7.36. The minimum atomic E-state index is -4.19. The molecule has 1 rings (SSSR count). The normalized spacial score (nSPS) is 28.9. The molecule has 3 atom stereocenters. The number of hydrogen-bond acceptors (Lipinski definition) is 2. The molecule has 2 nitrogen and oxygen atoms in total. The Balaban J connectivity index is 2.68. The van der Waals surface area contributed by atoms with E-state index in [1.165, 1.54) is 4.90 Å². The molecule has 0 aromatic heterocycles. The summed E-state index contributed by atoms with van der Waals surface area (Å²) in [7, 11) is 0. The van der Waals surface area contributed by atoms with Crippen molar-refractivity contribution in [2.75, 3.05) is 13.1 Å². The highest BCUT2D eigenvalue weighted by Gasteiger charge is 2.38. The Kier molecular flexibility index (Phi) is 6.60. The van der Waals surface area contributed by atoms with Gasteiger partial charge in [-0.3, -0.25) is 4.90 Å². The predicted octanol–water partition coefficient (Wildman–Crippen LogP) is 3.59. The van der Waals surface area contributed by atoms with E-state index in [2.05, 4.69) is 6.92 Å². The average Bonchev–Trinajstić information content (AvgIpc) is 2.30. The van der Waals surface area contributed by atoms with Crippen LogP contribution >= 0.6 is 0 Å². The fourth-order valence-corrected chi connectivity index (χ4v) is 3.16. The molecule has 0 heterocycles. The van der Waals surface area contributed by atoms with Crippen LogP contribution in [-0.4, -0.2) is 41.4 Å². The van der Waals surface area contributed by atoms with Crippen molar-refractivity contribution in [3.05, 3.63) is 0 Å². The number of aliphatic hydroxyl groups excluding tert-OH is 1. The Labute approximate surface area is 114 Å². The zero-order valence-corrected chi connectivity index (χ0v) is 11.9. The number of alkyl halides is 3. The van der Waals surface area contributed by atoms with Crippen LogP contribution in [0.15, 0.2) is 0 Å². The van der Waals surface area contributed by atoms with Crippen molar-refractivity contribution in [2.45, 2.75) is 70.7 Å². The van der Waals surface area contributed by atoms with Gasteiger partial charge in [-0.1, -0.05) is 26.7 Å². The van der Waals surface area contributed by atoms with Gasteiger partial charge < -0.3 is 5.11 Å². The molecule has 0 amide bonds. The number of rotatable bonds is 6. The second-order valence-corrected chi connectivity index (χ2v) is 5.69. The Morgan fingerprint density at radius 2 is 1.84 bits per heavy atom. The van der Waals surface area contributed by atoms with Crippen molar-refractivity contribution in [2.24, 2.45) is 5.92 Å². The summed E-state index contributed by atoms with van der Waals surface area (Å²) in [6.07, 6.45) is 0.262. The van der Waals surface area contributed by atoms with Gasteiger partial charge in [0, 0.05) is 6.04 Å². The maximum Gasteiger partial charge on any atom is 0.401 e. The number of nitrogens with zero attached hydrogens (tertiary/aromatic N) is 1. The molecule has 19 heavy (non-hydrogen) atoms. The Bertz CT molecular complexity index is 258. The molecule has 114 valence electrons. The molecule has 1 N–H and O–H groups in total. The molecule has 0 saturated heterocycles. The van der Waals surface area contributed by atoms with Gasteiger partial charge in [-0.05, 0) is 38.1 Å². The zero-order valence-electron chi connectivity index (χ0n) is 11.9. The maximum atomic E-state index is 12.6. The number of hydrogen-bond donors (Lipinski definition) is 1. The summed E-state index contributed by atoms with van der Waals surface area (Å²) in [6, 6.07) is -0.327. The van der Waals surface area contributed by atoms with Crippen LogP contribution in [0.3, 0.4) is 0 Å². The summed E-state index contributed by atoms with van der Waals surface area (Å²) in [4.78, 5) is 1.44. The number of aliphatic hydroxyl groups is 1. The van der Waals surface area contributed by atoms with Crippen molar-refractivity contribution in [1.82, 2.24) is 4.90 Å². The molecule has 0 radical (unpaired) electrons. The van der Waals surface area contributed by atoms with Gasteiger partial charge in [-0.2, -0.15) is 13.2 Å². The van der Waals surface area contributed by atoms with Crippen molar-refractivity contribution >= 4 is 0 Å². The highest BCUT2D eigenvalue weighted by atomic mass is 19.4. The highest BCUT2D eigenvalue weighted by molar-refractivity contribution is 4.87. The van der Waals surface area contributed by atoms with Crippen LogP contribution in [0.5, 0.6) is 0 Å². The Morgan fingerprint density at radius 1 is 1.16 bits per heavy atom. The van der Waals surface area contributed by atoms with E-state index in [-0.39, 0.29) is 6.04 Å². The van der Waals surface area contributed by atoms with Crippen molar-refractivity contribution in [1.29, 1.82) is 0 Å².